The number of Topliss-reactive ketones (excluding diaryl/α,β-unsaturated/α-hetero) is 1. The Bertz CT molecular complexity index is 910. The van der Waals surface area contributed by atoms with Crippen LogP contribution in [-0.4, -0.2) is 18.9 Å². The fourth-order valence-electron chi connectivity index (χ4n) is 9.47. The first-order valence-corrected chi connectivity index (χ1v) is 13.8. The van der Waals surface area contributed by atoms with E-state index < -0.39 is 0 Å². The number of esters is 1. The first-order valence-electron chi connectivity index (χ1n) is 13.8. The maximum atomic E-state index is 12.8. The van der Waals surface area contributed by atoms with Crippen LogP contribution in [0.2, 0.25) is 0 Å². The van der Waals surface area contributed by atoms with E-state index in [1.807, 2.05) is 6.92 Å². The Labute approximate surface area is 208 Å². The minimum atomic E-state index is -0.213. The van der Waals surface area contributed by atoms with Crippen molar-refractivity contribution in [3.63, 3.8) is 0 Å². The number of hydrogen-bond donors (Lipinski definition) is 0. The third kappa shape index (κ3) is 3.58. The fraction of sp³-hybridized carbons (Fsp3) is 0.806. The number of ketones is 1. The molecule has 0 amide bonds. The summed E-state index contributed by atoms with van der Waals surface area (Å²) in [5.41, 5.74) is 3.14. The monoisotopic (exact) mass is 468 g/mol. The second-order valence-electron chi connectivity index (χ2n) is 13.5. The van der Waals surface area contributed by atoms with Gasteiger partial charge in [-0.05, 0) is 98.2 Å². The number of rotatable bonds is 5. The van der Waals surface area contributed by atoms with Crippen LogP contribution in [0.1, 0.15) is 106 Å². The molecule has 0 spiro atoms. The van der Waals surface area contributed by atoms with E-state index in [0.29, 0.717) is 29.0 Å². The highest BCUT2D eigenvalue weighted by molar-refractivity contribution is 5.87. The number of fused-ring (bicyclic) bond motifs is 5. The molecule has 0 aromatic rings. The standard InChI is InChI=1S/C31H48O3/c1-20(10-9-11-21(2)27(33)34-8)22-14-18-31(7)24-12-13-25-28(3,4)26(32)16-17-29(25,5)23(24)15-19-30(22,31)6/h11-12,20,22-23,25H,9-10,13-19H2,1-8H3/b21-11+. The van der Waals surface area contributed by atoms with Gasteiger partial charge in [-0.2, -0.15) is 0 Å². The molecule has 4 aliphatic carbocycles. The summed E-state index contributed by atoms with van der Waals surface area (Å²) in [6, 6.07) is 0. The van der Waals surface area contributed by atoms with Crippen molar-refractivity contribution in [1.29, 1.82) is 0 Å². The molecule has 3 saturated carbocycles. The number of hydrogen-bond acceptors (Lipinski definition) is 3. The molecule has 34 heavy (non-hydrogen) atoms. The number of methoxy groups -OCH3 is 1. The van der Waals surface area contributed by atoms with Gasteiger partial charge < -0.3 is 4.74 Å². The Balaban J connectivity index is 1.56. The zero-order chi connectivity index (χ0) is 25.1. The van der Waals surface area contributed by atoms with Gasteiger partial charge in [-0.1, -0.05) is 59.3 Å². The molecule has 4 rings (SSSR count). The molecule has 4 aliphatic rings. The lowest BCUT2D eigenvalue weighted by Crippen LogP contribution is -2.57. The van der Waals surface area contributed by atoms with E-state index in [-0.39, 0.29) is 22.2 Å². The lowest BCUT2D eigenvalue weighted by Gasteiger charge is -2.63. The van der Waals surface area contributed by atoms with E-state index in [0.717, 1.165) is 43.6 Å². The zero-order valence-electron chi connectivity index (χ0n) is 23.1. The molecule has 0 heterocycles. The first kappa shape index (κ1) is 25.7. The van der Waals surface area contributed by atoms with Crippen molar-refractivity contribution in [2.75, 3.05) is 7.11 Å². The van der Waals surface area contributed by atoms with Gasteiger partial charge in [-0.3, -0.25) is 4.79 Å². The van der Waals surface area contributed by atoms with Crippen LogP contribution >= 0.6 is 0 Å². The predicted octanol–water partition coefficient (Wildman–Crippen LogP) is 7.70. The average molecular weight is 469 g/mol. The highest BCUT2D eigenvalue weighted by Gasteiger charge is 2.65. The summed E-state index contributed by atoms with van der Waals surface area (Å²) in [4.78, 5) is 24.5. The Hall–Kier alpha value is -1.38. The molecule has 190 valence electrons. The minimum absolute atomic E-state index is 0.195. The summed E-state index contributed by atoms with van der Waals surface area (Å²) < 4.78 is 4.85. The quantitative estimate of drug-likeness (QED) is 0.236. The second-order valence-corrected chi connectivity index (χ2v) is 13.5. The van der Waals surface area contributed by atoms with Gasteiger partial charge in [0, 0.05) is 17.4 Å². The van der Waals surface area contributed by atoms with Crippen molar-refractivity contribution < 1.29 is 14.3 Å². The highest BCUT2D eigenvalue weighted by atomic mass is 16.5. The van der Waals surface area contributed by atoms with Crippen molar-refractivity contribution in [1.82, 2.24) is 0 Å². The van der Waals surface area contributed by atoms with Crippen LogP contribution in [0.25, 0.3) is 0 Å². The lowest BCUT2D eigenvalue weighted by atomic mass is 9.41. The maximum Gasteiger partial charge on any atom is 0.333 e. The van der Waals surface area contributed by atoms with Gasteiger partial charge >= 0.3 is 5.97 Å². The van der Waals surface area contributed by atoms with E-state index in [2.05, 4.69) is 53.7 Å². The Morgan fingerprint density at radius 3 is 2.53 bits per heavy atom. The average Bonchev–Trinajstić information content (AvgIpc) is 3.07. The van der Waals surface area contributed by atoms with Crippen molar-refractivity contribution >= 4 is 11.8 Å². The molecule has 3 heteroatoms. The van der Waals surface area contributed by atoms with Crippen molar-refractivity contribution in [3.05, 3.63) is 23.3 Å². The van der Waals surface area contributed by atoms with Crippen molar-refractivity contribution in [3.8, 4) is 0 Å². The molecule has 3 fully saturated rings. The minimum Gasteiger partial charge on any atom is -0.466 e. The summed E-state index contributed by atoms with van der Waals surface area (Å²) in [7, 11) is 1.45. The van der Waals surface area contributed by atoms with E-state index >= 15 is 0 Å². The molecule has 7 atom stereocenters. The number of ether oxygens (including phenoxy) is 1. The second kappa shape index (κ2) is 8.63. The largest absolute Gasteiger partial charge is 0.466 e. The Kier molecular flexibility index (Phi) is 6.52. The van der Waals surface area contributed by atoms with Crippen LogP contribution in [0.5, 0.6) is 0 Å². The molecule has 3 nitrogen and oxygen atoms in total. The van der Waals surface area contributed by atoms with Crippen LogP contribution in [-0.2, 0) is 14.3 Å². The third-order valence-electron chi connectivity index (χ3n) is 11.9. The molecule has 0 aliphatic heterocycles. The molecule has 7 unspecified atom stereocenters. The highest BCUT2D eigenvalue weighted by Crippen LogP contribution is 2.73. The van der Waals surface area contributed by atoms with E-state index in [9.17, 15) is 9.59 Å². The van der Waals surface area contributed by atoms with E-state index in [1.165, 1.54) is 32.8 Å². The molecule has 0 aromatic heterocycles. The Morgan fingerprint density at radius 1 is 1.15 bits per heavy atom. The summed E-state index contributed by atoms with van der Waals surface area (Å²) in [5, 5.41) is 0. The molecular weight excluding hydrogens is 420 g/mol. The molecule has 0 aromatic carbocycles. The van der Waals surface area contributed by atoms with Gasteiger partial charge in [0.15, 0.2) is 0 Å². The molecule has 0 N–H and O–H groups in total. The number of allylic oxidation sites excluding steroid dienone is 3. The summed E-state index contributed by atoms with van der Waals surface area (Å²) in [6.07, 6.45) is 14.8. The van der Waals surface area contributed by atoms with Gasteiger partial charge in [0.05, 0.1) is 7.11 Å². The predicted molar refractivity (Wildman–Crippen MR) is 138 cm³/mol. The summed E-state index contributed by atoms with van der Waals surface area (Å²) in [6.45, 7) is 16.4. The van der Waals surface area contributed by atoms with Gasteiger partial charge in [0.1, 0.15) is 5.78 Å². The third-order valence-corrected chi connectivity index (χ3v) is 11.9. The fourth-order valence-corrected chi connectivity index (χ4v) is 9.47. The molecule has 0 radical (unpaired) electrons. The van der Waals surface area contributed by atoms with Gasteiger partial charge in [0.25, 0.3) is 0 Å². The van der Waals surface area contributed by atoms with Crippen LogP contribution in [0.3, 0.4) is 0 Å². The van der Waals surface area contributed by atoms with Gasteiger partial charge in [-0.25, -0.2) is 4.79 Å². The van der Waals surface area contributed by atoms with E-state index in [4.69, 9.17) is 4.74 Å². The molecular formula is C31H48O3. The Morgan fingerprint density at radius 2 is 1.85 bits per heavy atom. The van der Waals surface area contributed by atoms with Gasteiger partial charge in [-0.15, -0.1) is 0 Å². The van der Waals surface area contributed by atoms with Crippen LogP contribution in [0.15, 0.2) is 23.3 Å². The van der Waals surface area contributed by atoms with Crippen molar-refractivity contribution in [2.24, 2.45) is 45.3 Å². The summed E-state index contributed by atoms with van der Waals surface area (Å²) in [5.74, 6) is 2.74. The maximum absolute atomic E-state index is 12.8. The lowest BCUT2D eigenvalue weighted by molar-refractivity contribution is -0.146. The first-order chi connectivity index (χ1) is 15.8. The van der Waals surface area contributed by atoms with Gasteiger partial charge in [0.2, 0.25) is 0 Å². The van der Waals surface area contributed by atoms with Crippen LogP contribution in [0.4, 0.5) is 0 Å². The van der Waals surface area contributed by atoms with E-state index in [1.54, 1.807) is 5.57 Å². The normalized spacial score (nSPS) is 42.2. The smallest absolute Gasteiger partial charge is 0.333 e. The SMILES string of the molecule is COC(=O)/C(C)=C/CCC(C)C1CCC2(C)C3=CCC4C(C)(C)C(=O)CCC4(C)C3CCC12C. The van der Waals surface area contributed by atoms with Crippen LogP contribution < -0.4 is 0 Å². The summed E-state index contributed by atoms with van der Waals surface area (Å²) >= 11 is 0. The number of carbonyl (C=O) groups excluding carboxylic acids is 2. The molecule has 0 bridgehead atoms. The zero-order valence-corrected chi connectivity index (χ0v) is 23.1. The van der Waals surface area contributed by atoms with Crippen LogP contribution in [0, 0.1) is 45.3 Å². The number of carbonyl (C=O) groups is 2. The molecule has 0 saturated heterocycles. The topological polar surface area (TPSA) is 43.4 Å². The van der Waals surface area contributed by atoms with Crippen molar-refractivity contribution in [2.45, 2.75) is 106 Å².